The highest BCUT2D eigenvalue weighted by Gasteiger charge is 2.31. The normalized spacial score (nSPS) is 12.5. The van der Waals surface area contributed by atoms with Crippen molar-refractivity contribution in [3.63, 3.8) is 0 Å². The molecule has 0 rings (SSSR count). The summed E-state index contributed by atoms with van der Waals surface area (Å²) in [5.41, 5.74) is 0. The molecule has 0 aliphatic rings. The van der Waals surface area contributed by atoms with Gasteiger partial charge in [0.05, 0.1) is 0 Å². The third kappa shape index (κ3) is 2.73. The summed E-state index contributed by atoms with van der Waals surface area (Å²) in [5.74, 6) is -0.532. The molecule has 0 aromatic carbocycles. The van der Waals surface area contributed by atoms with Gasteiger partial charge in [0.15, 0.2) is 0 Å². The SMILES string of the molecule is CCCCC(OC)(OC)N(C)C. The van der Waals surface area contributed by atoms with E-state index in [1.165, 1.54) is 0 Å². The fourth-order valence-electron chi connectivity index (χ4n) is 1.28. The van der Waals surface area contributed by atoms with Gasteiger partial charge in [-0.3, -0.25) is 4.90 Å². The molecule has 0 atom stereocenters. The summed E-state index contributed by atoms with van der Waals surface area (Å²) in [6.45, 7) is 2.16. The molecule has 0 heterocycles. The Labute approximate surface area is 75.6 Å². The van der Waals surface area contributed by atoms with E-state index in [1.807, 2.05) is 19.0 Å². The largest absolute Gasteiger partial charge is 0.341 e. The number of rotatable bonds is 6. The fraction of sp³-hybridized carbons (Fsp3) is 1.00. The highest BCUT2D eigenvalue weighted by atomic mass is 16.7. The van der Waals surface area contributed by atoms with Gasteiger partial charge >= 0.3 is 0 Å². The molecule has 74 valence electrons. The molecule has 0 aliphatic carbocycles. The van der Waals surface area contributed by atoms with Gasteiger partial charge in [0.25, 0.3) is 0 Å². The average Bonchev–Trinajstić information content (AvgIpc) is 2.07. The van der Waals surface area contributed by atoms with Crippen LogP contribution in [0.4, 0.5) is 0 Å². The highest BCUT2D eigenvalue weighted by Crippen LogP contribution is 2.21. The molecule has 0 spiro atoms. The lowest BCUT2D eigenvalue weighted by atomic mass is 10.2. The second-order valence-corrected chi connectivity index (χ2v) is 3.12. The predicted octanol–water partition coefficient (Wildman–Crippen LogP) is 1.68. The molecule has 0 N–H and O–H groups in total. The van der Waals surface area contributed by atoms with Crippen molar-refractivity contribution >= 4 is 0 Å². The van der Waals surface area contributed by atoms with Crippen LogP contribution in [0.2, 0.25) is 0 Å². The van der Waals surface area contributed by atoms with Crippen LogP contribution in [-0.2, 0) is 9.47 Å². The van der Waals surface area contributed by atoms with Crippen molar-refractivity contribution < 1.29 is 9.47 Å². The molecule has 0 aromatic heterocycles. The van der Waals surface area contributed by atoms with E-state index in [1.54, 1.807) is 14.2 Å². The van der Waals surface area contributed by atoms with Gasteiger partial charge in [-0.05, 0) is 20.5 Å². The Balaban J connectivity index is 4.15. The maximum absolute atomic E-state index is 5.35. The van der Waals surface area contributed by atoms with E-state index in [2.05, 4.69) is 6.92 Å². The standard InChI is InChI=1S/C9H21NO2/c1-6-7-8-9(11-4,12-5)10(2)3/h6-8H2,1-5H3. The third-order valence-corrected chi connectivity index (χ3v) is 2.17. The molecule has 0 unspecified atom stereocenters. The maximum Gasteiger partial charge on any atom is 0.228 e. The van der Waals surface area contributed by atoms with Gasteiger partial charge in [-0.1, -0.05) is 13.3 Å². The topological polar surface area (TPSA) is 21.7 Å². The smallest absolute Gasteiger partial charge is 0.228 e. The van der Waals surface area contributed by atoms with E-state index in [0.717, 1.165) is 19.3 Å². The Morgan fingerprint density at radius 1 is 1.17 bits per heavy atom. The van der Waals surface area contributed by atoms with Gasteiger partial charge in [0.1, 0.15) is 0 Å². The second-order valence-electron chi connectivity index (χ2n) is 3.12. The Hall–Kier alpha value is -0.120. The quantitative estimate of drug-likeness (QED) is 0.573. The summed E-state index contributed by atoms with van der Waals surface area (Å²) >= 11 is 0. The van der Waals surface area contributed by atoms with Crippen LogP contribution in [-0.4, -0.2) is 39.1 Å². The van der Waals surface area contributed by atoms with Crippen molar-refractivity contribution in [3.05, 3.63) is 0 Å². The van der Waals surface area contributed by atoms with Crippen molar-refractivity contribution in [2.24, 2.45) is 0 Å². The monoisotopic (exact) mass is 175 g/mol. The van der Waals surface area contributed by atoms with Gasteiger partial charge < -0.3 is 9.47 Å². The molecule has 0 saturated carbocycles. The summed E-state index contributed by atoms with van der Waals surface area (Å²) in [4.78, 5) is 1.96. The van der Waals surface area contributed by atoms with Crippen molar-refractivity contribution in [2.75, 3.05) is 28.3 Å². The molecular formula is C9H21NO2. The minimum atomic E-state index is -0.532. The van der Waals surface area contributed by atoms with Crippen molar-refractivity contribution in [2.45, 2.75) is 32.1 Å². The van der Waals surface area contributed by atoms with Gasteiger partial charge in [-0.2, -0.15) is 0 Å². The number of hydrogen-bond donors (Lipinski definition) is 0. The van der Waals surface area contributed by atoms with Gasteiger partial charge in [-0.15, -0.1) is 0 Å². The van der Waals surface area contributed by atoms with E-state index in [4.69, 9.17) is 9.47 Å². The minimum Gasteiger partial charge on any atom is -0.341 e. The highest BCUT2D eigenvalue weighted by molar-refractivity contribution is 4.65. The number of unbranched alkanes of at least 4 members (excludes halogenated alkanes) is 1. The first-order valence-electron chi connectivity index (χ1n) is 4.40. The van der Waals surface area contributed by atoms with Gasteiger partial charge in [-0.25, -0.2) is 0 Å². The Kier molecular flexibility index (Phi) is 5.46. The molecule has 12 heavy (non-hydrogen) atoms. The molecule has 3 nitrogen and oxygen atoms in total. The minimum absolute atomic E-state index is 0.532. The first-order valence-corrected chi connectivity index (χ1v) is 4.40. The van der Waals surface area contributed by atoms with E-state index in [-0.39, 0.29) is 0 Å². The van der Waals surface area contributed by atoms with Gasteiger partial charge in [0, 0.05) is 20.6 Å². The maximum atomic E-state index is 5.35. The fourth-order valence-corrected chi connectivity index (χ4v) is 1.28. The lowest BCUT2D eigenvalue weighted by molar-refractivity contribution is -0.286. The number of hydrogen-bond acceptors (Lipinski definition) is 3. The summed E-state index contributed by atoms with van der Waals surface area (Å²) in [6, 6.07) is 0. The first kappa shape index (κ1) is 11.9. The van der Waals surface area contributed by atoms with Crippen molar-refractivity contribution in [3.8, 4) is 0 Å². The second kappa shape index (κ2) is 5.51. The molecule has 0 amide bonds. The van der Waals surface area contributed by atoms with Crippen LogP contribution >= 0.6 is 0 Å². The van der Waals surface area contributed by atoms with E-state index in [0.29, 0.717) is 0 Å². The van der Waals surface area contributed by atoms with Crippen LogP contribution in [0.25, 0.3) is 0 Å². The molecule has 0 aliphatic heterocycles. The third-order valence-electron chi connectivity index (χ3n) is 2.17. The first-order chi connectivity index (χ1) is 5.63. The van der Waals surface area contributed by atoms with Crippen LogP contribution < -0.4 is 0 Å². The van der Waals surface area contributed by atoms with Crippen LogP contribution in [0.15, 0.2) is 0 Å². The molecule has 0 radical (unpaired) electrons. The molecule has 0 aromatic rings. The van der Waals surface area contributed by atoms with Crippen molar-refractivity contribution in [1.29, 1.82) is 0 Å². The zero-order valence-electron chi connectivity index (χ0n) is 8.89. The molecule has 3 heteroatoms. The summed E-state index contributed by atoms with van der Waals surface area (Å²) in [6.07, 6.45) is 3.17. The van der Waals surface area contributed by atoms with Crippen LogP contribution in [0.1, 0.15) is 26.2 Å². The summed E-state index contributed by atoms with van der Waals surface area (Å²) in [5, 5.41) is 0. The molecule has 0 fully saturated rings. The Morgan fingerprint density at radius 2 is 1.67 bits per heavy atom. The van der Waals surface area contributed by atoms with Crippen molar-refractivity contribution in [1.82, 2.24) is 4.90 Å². The van der Waals surface area contributed by atoms with E-state index >= 15 is 0 Å². The van der Waals surface area contributed by atoms with E-state index < -0.39 is 5.91 Å². The summed E-state index contributed by atoms with van der Waals surface area (Å²) in [7, 11) is 7.28. The number of methoxy groups -OCH3 is 2. The summed E-state index contributed by atoms with van der Waals surface area (Å²) < 4.78 is 10.7. The number of ether oxygens (including phenoxy) is 2. The molecule has 0 saturated heterocycles. The number of nitrogens with zero attached hydrogens (tertiary/aromatic N) is 1. The lowest BCUT2D eigenvalue weighted by Crippen LogP contribution is -2.47. The lowest BCUT2D eigenvalue weighted by Gasteiger charge is -2.36. The Morgan fingerprint density at radius 3 is 1.92 bits per heavy atom. The van der Waals surface area contributed by atoms with Crippen LogP contribution in [0, 0.1) is 0 Å². The van der Waals surface area contributed by atoms with E-state index in [9.17, 15) is 0 Å². The molecule has 0 bridgehead atoms. The van der Waals surface area contributed by atoms with Gasteiger partial charge in [0.2, 0.25) is 5.91 Å². The zero-order chi connectivity index (χ0) is 9.61. The molecular weight excluding hydrogens is 154 g/mol. The van der Waals surface area contributed by atoms with Crippen LogP contribution in [0.3, 0.4) is 0 Å². The van der Waals surface area contributed by atoms with Crippen LogP contribution in [0.5, 0.6) is 0 Å². The Bertz CT molecular complexity index is 111. The zero-order valence-corrected chi connectivity index (χ0v) is 8.89. The predicted molar refractivity (Wildman–Crippen MR) is 50.0 cm³/mol. The average molecular weight is 175 g/mol.